The zero-order chi connectivity index (χ0) is 18.8. The van der Waals surface area contributed by atoms with Crippen LogP contribution in [0.2, 0.25) is 0 Å². The van der Waals surface area contributed by atoms with E-state index in [1.807, 2.05) is 42.5 Å². The number of ether oxygens (including phenoxy) is 3. The molecule has 0 radical (unpaired) electrons. The number of rotatable bonds is 9. The van der Waals surface area contributed by atoms with Crippen LogP contribution < -0.4 is 14.2 Å². The van der Waals surface area contributed by atoms with Crippen LogP contribution in [0.25, 0.3) is 11.6 Å². The predicted molar refractivity (Wildman–Crippen MR) is 104 cm³/mol. The summed E-state index contributed by atoms with van der Waals surface area (Å²) in [5.74, 6) is 1.97. The van der Waals surface area contributed by atoms with Gasteiger partial charge in [0.15, 0.2) is 11.5 Å². The van der Waals surface area contributed by atoms with Crippen molar-refractivity contribution in [3.63, 3.8) is 0 Å². The maximum Gasteiger partial charge on any atom is 0.161 e. The van der Waals surface area contributed by atoms with Gasteiger partial charge in [0.1, 0.15) is 19.0 Å². The zero-order valence-electron chi connectivity index (χ0n) is 14.8. The van der Waals surface area contributed by atoms with Crippen molar-refractivity contribution in [2.45, 2.75) is 0 Å². The molecule has 0 aliphatic heterocycles. The molecule has 0 saturated carbocycles. The molecule has 0 aliphatic carbocycles. The lowest BCUT2D eigenvalue weighted by Gasteiger charge is -2.10. The second-order valence-electron chi connectivity index (χ2n) is 5.30. The van der Waals surface area contributed by atoms with Gasteiger partial charge in [-0.1, -0.05) is 31.4 Å². The molecule has 0 atom stereocenters. The van der Waals surface area contributed by atoms with Crippen molar-refractivity contribution in [2.75, 3.05) is 20.3 Å². The SMILES string of the molecule is C=CCOc1ccc(C(C#N)=Cc2ccc(OCC=C)c(OC)c2)cc1. The Kier molecular flexibility index (Phi) is 7.08. The second-order valence-corrected chi connectivity index (χ2v) is 5.30. The smallest absolute Gasteiger partial charge is 0.161 e. The van der Waals surface area contributed by atoms with Crippen LogP contribution in [-0.4, -0.2) is 20.3 Å². The molecule has 0 aromatic heterocycles. The van der Waals surface area contributed by atoms with Crippen LogP contribution in [-0.2, 0) is 0 Å². The van der Waals surface area contributed by atoms with Crippen molar-refractivity contribution in [1.29, 1.82) is 5.26 Å². The topological polar surface area (TPSA) is 51.5 Å². The molecule has 0 amide bonds. The minimum atomic E-state index is 0.398. The van der Waals surface area contributed by atoms with Crippen LogP contribution in [0.4, 0.5) is 0 Å². The van der Waals surface area contributed by atoms with Crippen molar-refractivity contribution < 1.29 is 14.2 Å². The van der Waals surface area contributed by atoms with Gasteiger partial charge in [-0.3, -0.25) is 0 Å². The van der Waals surface area contributed by atoms with E-state index in [1.54, 1.807) is 25.3 Å². The van der Waals surface area contributed by atoms with Gasteiger partial charge in [-0.25, -0.2) is 0 Å². The Morgan fingerprint density at radius 1 is 1.00 bits per heavy atom. The Hall–Kier alpha value is -3.45. The number of hydrogen-bond acceptors (Lipinski definition) is 4. The summed E-state index contributed by atoms with van der Waals surface area (Å²) in [7, 11) is 1.58. The molecule has 0 heterocycles. The van der Waals surface area contributed by atoms with E-state index in [-0.39, 0.29) is 0 Å². The van der Waals surface area contributed by atoms with Crippen LogP contribution in [0.3, 0.4) is 0 Å². The molecular formula is C22H21NO3. The number of hydrogen-bond donors (Lipinski definition) is 0. The van der Waals surface area contributed by atoms with Gasteiger partial charge in [0.05, 0.1) is 18.8 Å². The molecule has 2 aromatic rings. The van der Waals surface area contributed by atoms with E-state index >= 15 is 0 Å². The minimum Gasteiger partial charge on any atom is -0.493 e. The van der Waals surface area contributed by atoms with E-state index < -0.39 is 0 Å². The first kappa shape index (κ1) is 18.9. The normalized spacial score (nSPS) is 10.5. The lowest BCUT2D eigenvalue weighted by atomic mass is 10.0. The number of benzene rings is 2. The molecule has 4 heteroatoms. The van der Waals surface area contributed by atoms with Crippen molar-refractivity contribution in [3.8, 4) is 23.3 Å². The molecule has 0 unspecified atom stereocenters. The second kappa shape index (κ2) is 9.75. The minimum absolute atomic E-state index is 0.398. The maximum absolute atomic E-state index is 9.52. The van der Waals surface area contributed by atoms with Gasteiger partial charge in [0.25, 0.3) is 0 Å². The molecule has 0 aliphatic rings. The molecule has 0 spiro atoms. The van der Waals surface area contributed by atoms with Crippen molar-refractivity contribution >= 4 is 11.6 Å². The lowest BCUT2D eigenvalue weighted by molar-refractivity contribution is 0.326. The van der Waals surface area contributed by atoms with Gasteiger partial charge < -0.3 is 14.2 Å². The molecule has 0 fully saturated rings. The van der Waals surface area contributed by atoms with Crippen LogP contribution in [0.1, 0.15) is 11.1 Å². The highest BCUT2D eigenvalue weighted by atomic mass is 16.5. The van der Waals surface area contributed by atoms with Gasteiger partial charge in [-0.2, -0.15) is 5.26 Å². The molecule has 2 aromatic carbocycles. The molecule has 26 heavy (non-hydrogen) atoms. The standard InChI is InChI=1S/C22H21NO3/c1-4-12-25-20-9-7-18(8-10-20)19(16-23)14-17-6-11-21(26-13-5-2)22(15-17)24-3/h4-11,14-15H,1-2,12-13H2,3H3. The number of allylic oxidation sites excluding steroid dienone is 1. The first-order chi connectivity index (χ1) is 12.7. The van der Waals surface area contributed by atoms with Gasteiger partial charge in [-0.15, -0.1) is 0 Å². The van der Waals surface area contributed by atoms with E-state index in [1.165, 1.54) is 0 Å². The molecule has 132 valence electrons. The molecule has 0 saturated heterocycles. The highest BCUT2D eigenvalue weighted by molar-refractivity contribution is 5.90. The molecule has 0 N–H and O–H groups in total. The average Bonchev–Trinajstić information content (AvgIpc) is 2.69. The molecular weight excluding hydrogens is 326 g/mol. The van der Waals surface area contributed by atoms with Crippen molar-refractivity contribution in [1.82, 2.24) is 0 Å². The highest BCUT2D eigenvalue weighted by Crippen LogP contribution is 2.30. The fourth-order valence-electron chi connectivity index (χ4n) is 2.27. The summed E-state index contributed by atoms with van der Waals surface area (Å²) in [5, 5.41) is 9.52. The Morgan fingerprint density at radius 3 is 2.31 bits per heavy atom. The van der Waals surface area contributed by atoms with E-state index in [0.717, 1.165) is 16.9 Å². The van der Waals surface area contributed by atoms with E-state index in [4.69, 9.17) is 14.2 Å². The summed E-state index contributed by atoms with van der Waals surface area (Å²) in [5.41, 5.74) is 2.20. The third-order valence-corrected chi connectivity index (χ3v) is 3.51. The van der Waals surface area contributed by atoms with Gasteiger partial charge >= 0.3 is 0 Å². The Balaban J connectivity index is 2.26. The Bertz CT molecular complexity index is 829. The molecule has 2 rings (SSSR count). The van der Waals surface area contributed by atoms with Gasteiger partial charge in [0.2, 0.25) is 0 Å². The Morgan fingerprint density at radius 2 is 1.69 bits per heavy atom. The molecule has 0 bridgehead atoms. The Labute approximate surface area is 154 Å². The van der Waals surface area contributed by atoms with Gasteiger partial charge in [-0.05, 0) is 53.6 Å². The largest absolute Gasteiger partial charge is 0.493 e. The summed E-state index contributed by atoms with van der Waals surface area (Å²) in [6.07, 6.45) is 5.16. The summed E-state index contributed by atoms with van der Waals surface area (Å²) in [4.78, 5) is 0. The number of methoxy groups -OCH3 is 1. The summed E-state index contributed by atoms with van der Waals surface area (Å²) in [6, 6.07) is 15.1. The zero-order valence-corrected chi connectivity index (χ0v) is 14.8. The van der Waals surface area contributed by atoms with Crippen LogP contribution in [0, 0.1) is 11.3 Å². The maximum atomic E-state index is 9.52. The fourth-order valence-corrected chi connectivity index (χ4v) is 2.27. The molecule has 4 nitrogen and oxygen atoms in total. The first-order valence-corrected chi connectivity index (χ1v) is 8.09. The fraction of sp³-hybridized carbons (Fsp3) is 0.136. The number of nitriles is 1. The van der Waals surface area contributed by atoms with Crippen molar-refractivity contribution in [2.24, 2.45) is 0 Å². The average molecular weight is 347 g/mol. The van der Waals surface area contributed by atoms with E-state index in [9.17, 15) is 5.26 Å². The van der Waals surface area contributed by atoms with Crippen LogP contribution >= 0.6 is 0 Å². The highest BCUT2D eigenvalue weighted by Gasteiger charge is 2.07. The summed E-state index contributed by atoms with van der Waals surface area (Å²) < 4.78 is 16.4. The third kappa shape index (κ3) is 5.02. The van der Waals surface area contributed by atoms with Crippen LogP contribution in [0.5, 0.6) is 17.2 Å². The predicted octanol–water partition coefficient (Wildman–Crippen LogP) is 4.89. The number of nitrogens with zero attached hydrogens (tertiary/aromatic N) is 1. The van der Waals surface area contributed by atoms with E-state index in [0.29, 0.717) is 30.3 Å². The lowest BCUT2D eigenvalue weighted by Crippen LogP contribution is -1.96. The van der Waals surface area contributed by atoms with E-state index in [2.05, 4.69) is 19.2 Å². The summed E-state index contributed by atoms with van der Waals surface area (Å²) in [6.45, 7) is 8.09. The third-order valence-electron chi connectivity index (χ3n) is 3.51. The first-order valence-electron chi connectivity index (χ1n) is 8.09. The quantitative estimate of drug-likeness (QED) is 0.368. The van der Waals surface area contributed by atoms with Gasteiger partial charge in [0, 0.05) is 0 Å². The monoisotopic (exact) mass is 347 g/mol. The van der Waals surface area contributed by atoms with Crippen molar-refractivity contribution in [3.05, 3.63) is 78.9 Å². The summed E-state index contributed by atoms with van der Waals surface area (Å²) >= 11 is 0. The van der Waals surface area contributed by atoms with Crippen LogP contribution in [0.15, 0.2) is 67.8 Å².